The van der Waals surface area contributed by atoms with Gasteiger partial charge in [-0.05, 0) is 48.7 Å². The van der Waals surface area contributed by atoms with Crippen LogP contribution in [0.2, 0.25) is 15.1 Å². The molecule has 0 bridgehead atoms. The average molecular weight is 541 g/mol. The predicted molar refractivity (Wildman–Crippen MR) is 138 cm³/mol. The molecule has 0 aliphatic carbocycles. The number of hydrogen-bond acceptors (Lipinski definition) is 5. The van der Waals surface area contributed by atoms with Crippen molar-refractivity contribution >= 4 is 64.1 Å². The molecule has 0 saturated heterocycles. The van der Waals surface area contributed by atoms with Gasteiger partial charge in [-0.1, -0.05) is 66.5 Å². The molecule has 1 heterocycles. The number of halogens is 3. The van der Waals surface area contributed by atoms with Gasteiger partial charge in [0.2, 0.25) is 5.91 Å². The number of carbonyl (C=O) groups is 2. The van der Waals surface area contributed by atoms with Crippen LogP contribution < -0.4 is 10.6 Å². The molecule has 2 aromatic carbocycles. The molecular weight excluding hydrogens is 517 g/mol. The SMILES string of the molecule is Cc1ccc(NC(=O)CSc2nnc([C@@H](NC(=O)c3ccc(Cl)c(Cl)c3)C(C)C)n2C)cc1Cl. The molecule has 0 aliphatic rings. The first-order valence-corrected chi connectivity index (χ1v) is 12.5. The maximum absolute atomic E-state index is 12.8. The third-order valence-electron chi connectivity index (χ3n) is 5.07. The summed E-state index contributed by atoms with van der Waals surface area (Å²) in [6.07, 6.45) is 0. The molecule has 34 heavy (non-hydrogen) atoms. The van der Waals surface area contributed by atoms with E-state index in [0.717, 1.165) is 5.56 Å². The number of nitrogens with one attached hydrogen (secondary N) is 2. The number of amides is 2. The molecule has 2 amide bonds. The van der Waals surface area contributed by atoms with E-state index in [4.69, 9.17) is 34.8 Å². The smallest absolute Gasteiger partial charge is 0.251 e. The molecule has 2 N–H and O–H groups in total. The predicted octanol–water partition coefficient (Wildman–Crippen LogP) is 5.94. The first-order valence-electron chi connectivity index (χ1n) is 10.4. The third-order valence-corrected chi connectivity index (χ3v) is 7.24. The third kappa shape index (κ3) is 6.44. The lowest BCUT2D eigenvalue weighted by molar-refractivity contribution is -0.113. The minimum atomic E-state index is -0.405. The van der Waals surface area contributed by atoms with E-state index in [2.05, 4.69) is 20.8 Å². The molecule has 180 valence electrons. The number of aromatic nitrogens is 3. The summed E-state index contributed by atoms with van der Waals surface area (Å²) in [7, 11) is 1.80. The van der Waals surface area contributed by atoms with Gasteiger partial charge in [0.05, 0.1) is 21.8 Å². The summed E-state index contributed by atoms with van der Waals surface area (Å²) in [6.45, 7) is 5.84. The van der Waals surface area contributed by atoms with Gasteiger partial charge in [-0.2, -0.15) is 0 Å². The van der Waals surface area contributed by atoms with Gasteiger partial charge < -0.3 is 15.2 Å². The molecule has 3 rings (SSSR count). The van der Waals surface area contributed by atoms with E-state index >= 15 is 0 Å². The van der Waals surface area contributed by atoms with E-state index in [-0.39, 0.29) is 23.5 Å². The molecule has 1 atom stereocenters. The van der Waals surface area contributed by atoms with Gasteiger partial charge >= 0.3 is 0 Å². The molecule has 11 heteroatoms. The topological polar surface area (TPSA) is 88.9 Å². The van der Waals surface area contributed by atoms with Gasteiger partial charge in [0, 0.05) is 23.3 Å². The Bertz CT molecular complexity index is 1220. The second kappa shape index (κ2) is 11.4. The number of benzene rings is 2. The minimum Gasteiger partial charge on any atom is -0.342 e. The fourth-order valence-corrected chi connectivity index (χ4v) is 4.31. The fourth-order valence-electron chi connectivity index (χ4n) is 3.11. The van der Waals surface area contributed by atoms with Crippen LogP contribution in [-0.2, 0) is 11.8 Å². The molecule has 3 aromatic rings. The number of thioether (sulfide) groups is 1. The largest absolute Gasteiger partial charge is 0.342 e. The summed E-state index contributed by atoms with van der Waals surface area (Å²) in [6, 6.07) is 9.66. The molecule has 1 aromatic heterocycles. The van der Waals surface area contributed by atoms with E-state index in [1.807, 2.05) is 26.8 Å². The first-order chi connectivity index (χ1) is 16.1. The summed E-state index contributed by atoms with van der Waals surface area (Å²) < 4.78 is 1.78. The highest BCUT2D eigenvalue weighted by Gasteiger charge is 2.25. The first kappa shape index (κ1) is 26.3. The zero-order chi connectivity index (χ0) is 25.0. The number of carbonyl (C=O) groups excluding carboxylic acids is 2. The van der Waals surface area contributed by atoms with Gasteiger partial charge in [0.15, 0.2) is 11.0 Å². The van der Waals surface area contributed by atoms with Crippen molar-refractivity contribution in [2.45, 2.75) is 32.0 Å². The Morgan fingerprint density at radius 3 is 2.41 bits per heavy atom. The highest BCUT2D eigenvalue weighted by Crippen LogP contribution is 2.27. The monoisotopic (exact) mass is 539 g/mol. The van der Waals surface area contributed by atoms with Crippen LogP contribution in [-0.4, -0.2) is 32.3 Å². The van der Waals surface area contributed by atoms with Crippen molar-refractivity contribution in [2.75, 3.05) is 11.1 Å². The van der Waals surface area contributed by atoms with Gasteiger partial charge in [0.1, 0.15) is 0 Å². The van der Waals surface area contributed by atoms with Crippen molar-refractivity contribution in [1.29, 1.82) is 0 Å². The van der Waals surface area contributed by atoms with Crippen molar-refractivity contribution in [1.82, 2.24) is 20.1 Å². The van der Waals surface area contributed by atoms with Gasteiger partial charge in [-0.3, -0.25) is 9.59 Å². The number of rotatable bonds is 8. The van der Waals surface area contributed by atoms with Crippen LogP contribution in [0.5, 0.6) is 0 Å². The van der Waals surface area contributed by atoms with Crippen molar-refractivity contribution in [3.8, 4) is 0 Å². The zero-order valence-corrected chi connectivity index (χ0v) is 22.1. The summed E-state index contributed by atoms with van der Waals surface area (Å²) in [5.74, 6) is 0.256. The fraction of sp³-hybridized carbons (Fsp3) is 0.304. The van der Waals surface area contributed by atoms with Gasteiger partial charge in [0.25, 0.3) is 5.91 Å². The zero-order valence-electron chi connectivity index (χ0n) is 19.0. The van der Waals surface area contributed by atoms with E-state index in [1.165, 1.54) is 17.8 Å². The lowest BCUT2D eigenvalue weighted by Crippen LogP contribution is -2.33. The molecule has 0 aliphatic heterocycles. The van der Waals surface area contributed by atoms with Crippen LogP contribution in [0.3, 0.4) is 0 Å². The molecule has 0 unspecified atom stereocenters. The molecule has 0 fully saturated rings. The lowest BCUT2D eigenvalue weighted by Gasteiger charge is -2.22. The Morgan fingerprint density at radius 2 is 1.76 bits per heavy atom. The summed E-state index contributed by atoms with van der Waals surface area (Å²) in [4.78, 5) is 25.2. The number of hydrogen-bond donors (Lipinski definition) is 2. The highest BCUT2D eigenvalue weighted by atomic mass is 35.5. The van der Waals surface area contributed by atoms with Crippen LogP contribution in [0.25, 0.3) is 0 Å². The molecular formula is C23H24Cl3N5O2S. The van der Waals surface area contributed by atoms with E-state index < -0.39 is 6.04 Å². The van der Waals surface area contributed by atoms with E-state index in [9.17, 15) is 9.59 Å². The van der Waals surface area contributed by atoms with Gasteiger partial charge in [-0.15, -0.1) is 10.2 Å². The van der Waals surface area contributed by atoms with Crippen LogP contribution in [0.4, 0.5) is 5.69 Å². The molecule has 0 radical (unpaired) electrons. The summed E-state index contributed by atoms with van der Waals surface area (Å²) >= 11 is 19.4. The van der Waals surface area contributed by atoms with E-state index in [1.54, 1.807) is 35.9 Å². The normalized spacial score (nSPS) is 12.0. The summed E-state index contributed by atoms with van der Waals surface area (Å²) in [5, 5.41) is 16.1. The van der Waals surface area contributed by atoms with E-state index in [0.29, 0.717) is 37.3 Å². The van der Waals surface area contributed by atoms with Crippen LogP contribution >= 0.6 is 46.6 Å². The number of nitrogens with zero attached hydrogens (tertiary/aromatic N) is 3. The van der Waals surface area contributed by atoms with Crippen molar-refractivity contribution in [3.63, 3.8) is 0 Å². The quantitative estimate of drug-likeness (QED) is 0.345. The Labute approximate surface area is 217 Å². The molecule has 0 saturated carbocycles. The highest BCUT2D eigenvalue weighted by molar-refractivity contribution is 7.99. The van der Waals surface area contributed by atoms with Crippen LogP contribution in [0.1, 0.15) is 41.6 Å². The number of aryl methyl sites for hydroxylation is 1. The standard InChI is InChI=1S/C23H24Cl3N5O2S/c1-12(2)20(28-22(33)14-6-8-16(24)18(26)9-14)21-29-30-23(31(21)4)34-11-19(32)27-15-7-5-13(3)17(25)10-15/h5-10,12,20H,11H2,1-4H3,(H,27,32)(H,28,33)/t20-/m0/s1. The second-order valence-corrected chi connectivity index (χ2v) is 10.2. The minimum absolute atomic E-state index is 0.0297. The maximum atomic E-state index is 12.8. The second-order valence-electron chi connectivity index (χ2n) is 8.02. The molecule has 0 spiro atoms. The molecule has 7 nitrogen and oxygen atoms in total. The number of anilines is 1. The van der Waals surface area contributed by atoms with Crippen molar-refractivity contribution in [2.24, 2.45) is 13.0 Å². The Morgan fingerprint density at radius 1 is 1.03 bits per heavy atom. The lowest BCUT2D eigenvalue weighted by atomic mass is 10.0. The van der Waals surface area contributed by atoms with Crippen molar-refractivity contribution < 1.29 is 9.59 Å². The van der Waals surface area contributed by atoms with Crippen molar-refractivity contribution in [3.05, 3.63) is 68.4 Å². The Kier molecular flexibility index (Phi) is 8.87. The van der Waals surface area contributed by atoms with Crippen LogP contribution in [0.15, 0.2) is 41.6 Å². The average Bonchev–Trinajstić information content (AvgIpc) is 3.14. The Balaban J connectivity index is 1.67. The Hall–Kier alpha value is -2.26. The summed E-state index contributed by atoms with van der Waals surface area (Å²) in [5.41, 5.74) is 1.96. The van der Waals surface area contributed by atoms with Gasteiger partial charge in [-0.25, -0.2) is 0 Å². The maximum Gasteiger partial charge on any atom is 0.251 e. The van der Waals surface area contributed by atoms with Crippen LogP contribution in [0, 0.1) is 12.8 Å².